The Balaban J connectivity index is 1.28. The van der Waals surface area contributed by atoms with Crippen LogP contribution in [-0.2, 0) is 11.2 Å². The molecule has 31 heavy (non-hydrogen) atoms. The van der Waals surface area contributed by atoms with Crippen LogP contribution >= 0.6 is 0 Å². The van der Waals surface area contributed by atoms with Crippen molar-refractivity contribution in [1.82, 2.24) is 15.6 Å². The molecule has 0 spiro atoms. The highest BCUT2D eigenvalue weighted by Crippen LogP contribution is 2.36. The van der Waals surface area contributed by atoms with Gasteiger partial charge in [0.15, 0.2) is 0 Å². The number of aryl methyl sites for hydroxylation is 1. The summed E-state index contributed by atoms with van der Waals surface area (Å²) in [4.78, 5) is 27.7. The lowest BCUT2D eigenvalue weighted by atomic mass is 9.99. The number of nitrogens with two attached hydrogens (primary N) is 1. The summed E-state index contributed by atoms with van der Waals surface area (Å²) in [6.45, 7) is 0.936. The van der Waals surface area contributed by atoms with Gasteiger partial charge in [-0.25, -0.2) is 9.78 Å². The Kier molecular flexibility index (Phi) is 5.79. The minimum atomic E-state index is -1.10. The highest BCUT2D eigenvalue weighted by molar-refractivity contribution is 5.99. The fraction of sp³-hybridized carbons (Fsp3) is 0.409. The number of pyridine rings is 1. The monoisotopic (exact) mass is 426 g/mol. The van der Waals surface area contributed by atoms with Crippen LogP contribution in [0.25, 0.3) is 0 Å². The molecule has 0 saturated heterocycles. The predicted molar refractivity (Wildman–Crippen MR) is 113 cm³/mol. The minimum absolute atomic E-state index is 0.0503. The van der Waals surface area contributed by atoms with Crippen molar-refractivity contribution in [2.45, 2.75) is 43.4 Å². The van der Waals surface area contributed by atoms with Crippen molar-refractivity contribution in [3.63, 3.8) is 0 Å². The molecular formula is C22H26N4O5. The normalized spacial score (nSPS) is 19.6. The molecular weight excluding hydrogens is 400 g/mol. The third kappa shape index (κ3) is 4.78. The third-order valence-electron chi connectivity index (χ3n) is 5.77. The van der Waals surface area contributed by atoms with E-state index < -0.39 is 17.6 Å². The first-order chi connectivity index (χ1) is 14.9. The molecule has 2 atom stereocenters. The van der Waals surface area contributed by atoms with Crippen molar-refractivity contribution >= 4 is 17.7 Å². The van der Waals surface area contributed by atoms with Crippen molar-refractivity contribution in [2.24, 2.45) is 0 Å². The average molecular weight is 426 g/mol. The highest BCUT2D eigenvalue weighted by Gasteiger charge is 2.51. The maximum atomic E-state index is 12.4. The number of hydrogen-bond donors (Lipinski definition) is 5. The number of carbonyl (C=O) groups is 2. The van der Waals surface area contributed by atoms with Gasteiger partial charge in [-0.2, -0.15) is 0 Å². The number of carbonyl (C=O) groups excluding carboxylic acids is 1. The van der Waals surface area contributed by atoms with Crippen LogP contribution in [0, 0.1) is 0 Å². The van der Waals surface area contributed by atoms with Crippen LogP contribution in [-0.4, -0.2) is 51.8 Å². The third-order valence-corrected chi connectivity index (χ3v) is 5.77. The molecule has 2 aliphatic rings. The number of fused-ring (bicyclic) bond motifs is 1. The number of aliphatic hydroxyl groups excluding tert-OH is 1. The summed E-state index contributed by atoms with van der Waals surface area (Å²) in [5.74, 6) is -0.238. The molecule has 1 fully saturated rings. The zero-order valence-corrected chi connectivity index (χ0v) is 17.0. The number of carboxylic acid groups (broad SMARTS) is 1. The van der Waals surface area contributed by atoms with E-state index >= 15 is 0 Å². The molecule has 4 rings (SSSR count). The Bertz CT molecular complexity index is 974. The average Bonchev–Trinajstić information content (AvgIpc) is 3.54. The predicted octanol–water partition coefficient (Wildman–Crippen LogP) is 1.03. The van der Waals surface area contributed by atoms with E-state index in [2.05, 4.69) is 15.6 Å². The zero-order valence-electron chi connectivity index (χ0n) is 17.0. The van der Waals surface area contributed by atoms with Gasteiger partial charge in [-0.1, -0.05) is 6.07 Å². The quantitative estimate of drug-likeness (QED) is 0.420. The summed E-state index contributed by atoms with van der Waals surface area (Å²) < 4.78 is 6.02. The number of ether oxygens (including phenoxy) is 1. The molecule has 1 amide bonds. The molecule has 0 radical (unpaired) electrons. The van der Waals surface area contributed by atoms with E-state index in [1.54, 1.807) is 36.5 Å². The standard InChI is InChI=1S/C22H26N4O5/c23-19-6-3-15(10-25-19)17(27)12-24-11-16-4-1-13-9-14(2-5-18(13)31-16)20(28)26-22(7-8-22)21(29)30/h2-3,5-6,9-10,16-17,24,27H,1,4,7-8,11-12H2,(H2,23,25)(H,26,28)(H,29,30)/t16-,17-/m1/s1. The van der Waals surface area contributed by atoms with Gasteiger partial charge in [0.2, 0.25) is 0 Å². The molecule has 2 aromatic rings. The molecule has 2 heterocycles. The second-order valence-corrected chi connectivity index (χ2v) is 8.13. The molecule has 1 aromatic heterocycles. The van der Waals surface area contributed by atoms with E-state index in [1.165, 1.54) is 0 Å². The number of nitrogen functional groups attached to an aromatic ring is 1. The summed E-state index contributed by atoms with van der Waals surface area (Å²) in [7, 11) is 0. The van der Waals surface area contributed by atoms with Crippen LogP contribution in [0.3, 0.4) is 0 Å². The first-order valence-electron chi connectivity index (χ1n) is 10.3. The smallest absolute Gasteiger partial charge is 0.329 e. The van der Waals surface area contributed by atoms with Gasteiger partial charge in [-0.15, -0.1) is 0 Å². The molecule has 1 aliphatic heterocycles. The Morgan fingerprint density at radius 1 is 1.29 bits per heavy atom. The summed E-state index contributed by atoms with van der Waals surface area (Å²) in [6, 6.07) is 8.58. The maximum absolute atomic E-state index is 12.4. The summed E-state index contributed by atoms with van der Waals surface area (Å²) in [5, 5.41) is 25.3. The summed E-state index contributed by atoms with van der Waals surface area (Å²) in [6.07, 6.45) is 3.25. The largest absolute Gasteiger partial charge is 0.489 e. The number of rotatable bonds is 8. The van der Waals surface area contributed by atoms with E-state index in [1.807, 2.05) is 0 Å². The fourth-order valence-corrected chi connectivity index (χ4v) is 3.65. The van der Waals surface area contributed by atoms with Crippen molar-refractivity contribution in [2.75, 3.05) is 18.8 Å². The second kappa shape index (κ2) is 8.52. The summed E-state index contributed by atoms with van der Waals surface area (Å²) in [5.41, 5.74) is 6.51. The molecule has 1 aromatic carbocycles. The van der Waals surface area contributed by atoms with Gasteiger partial charge in [-0.3, -0.25) is 4.79 Å². The molecule has 6 N–H and O–H groups in total. The van der Waals surface area contributed by atoms with Gasteiger partial charge < -0.3 is 31.3 Å². The fourth-order valence-electron chi connectivity index (χ4n) is 3.65. The van der Waals surface area contributed by atoms with E-state index in [0.717, 1.165) is 24.2 Å². The lowest BCUT2D eigenvalue weighted by Gasteiger charge is -2.27. The molecule has 1 saturated carbocycles. The van der Waals surface area contributed by atoms with Gasteiger partial charge in [0.1, 0.15) is 23.2 Å². The first-order valence-corrected chi connectivity index (χ1v) is 10.3. The Morgan fingerprint density at radius 3 is 2.77 bits per heavy atom. The number of aromatic nitrogens is 1. The Morgan fingerprint density at radius 2 is 2.10 bits per heavy atom. The van der Waals surface area contributed by atoms with Gasteiger partial charge in [0.25, 0.3) is 5.91 Å². The summed E-state index contributed by atoms with van der Waals surface area (Å²) >= 11 is 0. The molecule has 0 bridgehead atoms. The maximum Gasteiger partial charge on any atom is 0.329 e. The Labute approximate surface area is 179 Å². The van der Waals surface area contributed by atoms with Crippen LogP contribution in [0.5, 0.6) is 5.75 Å². The number of benzene rings is 1. The van der Waals surface area contributed by atoms with E-state index in [9.17, 15) is 19.8 Å². The van der Waals surface area contributed by atoms with Crippen molar-refractivity contribution in [3.8, 4) is 5.75 Å². The topological polar surface area (TPSA) is 147 Å². The number of amides is 1. The molecule has 164 valence electrons. The lowest BCUT2D eigenvalue weighted by molar-refractivity contribution is -0.140. The number of aliphatic hydroxyl groups is 1. The van der Waals surface area contributed by atoms with Gasteiger partial charge in [-0.05, 0) is 55.5 Å². The van der Waals surface area contributed by atoms with Crippen LogP contribution < -0.4 is 21.1 Å². The number of carboxylic acids is 1. The van der Waals surface area contributed by atoms with Crippen LogP contribution in [0.2, 0.25) is 0 Å². The number of nitrogens with zero attached hydrogens (tertiary/aromatic N) is 1. The van der Waals surface area contributed by atoms with Crippen LogP contribution in [0.1, 0.15) is 46.9 Å². The number of aliphatic carboxylic acids is 1. The van der Waals surface area contributed by atoms with E-state index in [4.69, 9.17) is 10.5 Å². The minimum Gasteiger partial charge on any atom is -0.489 e. The van der Waals surface area contributed by atoms with Gasteiger partial charge >= 0.3 is 5.97 Å². The van der Waals surface area contributed by atoms with Crippen molar-refractivity contribution in [1.29, 1.82) is 0 Å². The molecule has 1 aliphatic carbocycles. The van der Waals surface area contributed by atoms with Crippen molar-refractivity contribution < 1.29 is 24.5 Å². The first kappa shape index (κ1) is 21.1. The second-order valence-electron chi connectivity index (χ2n) is 8.13. The van der Waals surface area contributed by atoms with Crippen LogP contribution in [0.4, 0.5) is 5.82 Å². The number of nitrogens with one attached hydrogen (secondary N) is 2. The SMILES string of the molecule is Nc1ccc([C@H](O)CNC[C@H]2CCc3cc(C(=O)NC4(C(=O)O)CC4)ccc3O2)cn1. The molecule has 9 nitrogen and oxygen atoms in total. The Hall–Kier alpha value is -3.17. The van der Waals surface area contributed by atoms with E-state index in [0.29, 0.717) is 42.9 Å². The molecule has 9 heteroatoms. The van der Waals surface area contributed by atoms with Gasteiger partial charge in [0, 0.05) is 30.4 Å². The lowest BCUT2D eigenvalue weighted by Crippen LogP contribution is -2.43. The highest BCUT2D eigenvalue weighted by atomic mass is 16.5. The zero-order chi connectivity index (χ0) is 22.0. The van der Waals surface area contributed by atoms with Gasteiger partial charge in [0.05, 0.1) is 6.10 Å². The van der Waals surface area contributed by atoms with Crippen molar-refractivity contribution in [3.05, 3.63) is 53.2 Å². The number of anilines is 1. The van der Waals surface area contributed by atoms with E-state index in [-0.39, 0.29) is 12.0 Å². The number of hydrogen-bond acceptors (Lipinski definition) is 7. The van der Waals surface area contributed by atoms with Crippen LogP contribution in [0.15, 0.2) is 36.5 Å². The molecule has 0 unspecified atom stereocenters.